The molecule has 2 aliphatic rings. The van der Waals surface area contributed by atoms with E-state index in [9.17, 15) is 14.4 Å². The fourth-order valence-electron chi connectivity index (χ4n) is 3.37. The summed E-state index contributed by atoms with van der Waals surface area (Å²) >= 11 is 0. The lowest BCUT2D eigenvalue weighted by atomic mass is 10.1. The van der Waals surface area contributed by atoms with Crippen LogP contribution < -0.4 is 4.57 Å². The van der Waals surface area contributed by atoms with Crippen LogP contribution in [0.1, 0.15) is 38.4 Å². The monoisotopic (exact) mass is 362 g/mol. The maximum absolute atomic E-state index is 13.0. The van der Waals surface area contributed by atoms with Crippen molar-refractivity contribution in [2.24, 2.45) is 4.99 Å². The van der Waals surface area contributed by atoms with Crippen LogP contribution in [0.3, 0.4) is 0 Å². The van der Waals surface area contributed by atoms with Crippen molar-refractivity contribution < 1.29 is 23.7 Å². The van der Waals surface area contributed by atoms with E-state index in [1.807, 2.05) is 22.3 Å². The number of carbonyl (C=O) groups is 3. The highest BCUT2D eigenvalue weighted by atomic mass is 16.5. The zero-order valence-electron chi connectivity index (χ0n) is 15.6. The molecule has 0 aromatic carbocycles. The molecule has 2 aliphatic heterocycles. The number of aryl methyl sites for hydroxylation is 1. The Morgan fingerprint density at radius 3 is 2.69 bits per heavy atom. The summed E-state index contributed by atoms with van der Waals surface area (Å²) < 4.78 is 8.74. The fourth-order valence-corrected chi connectivity index (χ4v) is 3.37. The van der Waals surface area contributed by atoms with Crippen LogP contribution in [0, 0.1) is 6.92 Å². The van der Waals surface area contributed by atoms with Gasteiger partial charge in [0.2, 0.25) is 11.9 Å². The number of urea groups is 1. The Bertz CT molecular complexity index is 797. The average molecular weight is 362 g/mol. The van der Waals surface area contributed by atoms with Gasteiger partial charge >= 0.3 is 17.9 Å². The molecule has 3 heterocycles. The number of hydrogen-bond acceptors (Lipinski definition) is 5. The highest BCUT2D eigenvalue weighted by molar-refractivity contribution is 6.19. The number of aliphatic imine (C=N–C) groups is 1. The second kappa shape index (κ2) is 6.89. The Labute approximate surface area is 151 Å². The fraction of sp³-hybridized carbons (Fsp3) is 0.588. The van der Waals surface area contributed by atoms with Gasteiger partial charge < -0.3 is 4.74 Å². The summed E-state index contributed by atoms with van der Waals surface area (Å²) in [4.78, 5) is 44.2. The normalized spacial score (nSPS) is 18.8. The molecule has 1 unspecified atom stereocenters. The lowest BCUT2D eigenvalue weighted by Crippen LogP contribution is -2.62. The highest BCUT2D eigenvalue weighted by Crippen LogP contribution is 2.29. The third kappa shape index (κ3) is 2.77. The SMILES string of the molecule is CCCn1c(C)c[n+]2c1N=C1C2C(=O)N(CCC(=O)OCC)C(=O)N1C. The molecule has 1 fully saturated rings. The standard InChI is InChI=1S/C17H24N5O4/c1-5-8-20-11(3)10-22-13-14(18-16(20)22)19(4)17(25)21(15(13)24)9-7-12(23)26-6-2/h10,13H,5-9H2,1-4H3/q+1. The van der Waals surface area contributed by atoms with Crippen molar-refractivity contribution in [3.05, 3.63) is 11.9 Å². The number of esters is 1. The molecule has 3 rings (SSSR count). The number of imide groups is 1. The van der Waals surface area contributed by atoms with Crippen LogP contribution in [-0.2, 0) is 20.9 Å². The van der Waals surface area contributed by atoms with Gasteiger partial charge in [-0.25, -0.2) is 13.9 Å². The number of rotatable bonds is 6. The Morgan fingerprint density at radius 2 is 2.04 bits per heavy atom. The quantitative estimate of drug-likeness (QED) is 0.556. The Balaban J connectivity index is 1.90. The molecule has 26 heavy (non-hydrogen) atoms. The molecule has 1 aromatic heterocycles. The number of likely N-dealkylation sites (N-methyl/N-ethyl adjacent to an activating group) is 1. The molecule has 0 radical (unpaired) electrons. The van der Waals surface area contributed by atoms with Gasteiger partial charge in [-0.15, -0.1) is 0 Å². The summed E-state index contributed by atoms with van der Waals surface area (Å²) in [6.45, 7) is 6.81. The number of ether oxygens (including phenoxy) is 1. The van der Waals surface area contributed by atoms with Crippen LogP contribution in [0.15, 0.2) is 11.2 Å². The predicted molar refractivity (Wildman–Crippen MR) is 91.9 cm³/mol. The summed E-state index contributed by atoms with van der Waals surface area (Å²) in [5.74, 6) is 0.297. The summed E-state index contributed by atoms with van der Waals surface area (Å²) in [6, 6.07) is -1.15. The Kier molecular flexibility index (Phi) is 4.80. The minimum absolute atomic E-state index is 0.00480. The van der Waals surface area contributed by atoms with Gasteiger partial charge in [-0.05, 0) is 20.3 Å². The molecular weight excluding hydrogens is 338 g/mol. The molecule has 1 atom stereocenters. The van der Waals surface area contributed by atoms with Gasteiger partial charge in [0, 0.05) is 13.6 Å². The molecule has 0 spiro atoms. The van der Waals surface area contributed by atoms with Crippen molar-refractivity contribution in [1.29, 1.82) is 0 Å². The number of imidazole rings is 1. The molecule has 0 bridgehead atoms. The molecule has 0 saturated carbocycles. The minimum atomic E-state index is -0.674. The van der Waals surface area contributed by atoms with Gasteiger partial charge in [0.25, 0.3) is 5.91 Å². The maximum Gasteiger partial charge on any atom is 0.401 e. The molecule has 140 valence electrons. The average Bonchev–Trinajstić information content (AvgIpc) is 3.10. The maximum atomic E-state index is 13.0. The number of carbonyl (C=O) groups excluding carboxylic acids is 3. The van der Waals surface area contributed by atoms with E-state index in [1.165, 1.54) is 4.90 Å². The number of amidine groups is 1. The van der Waals surface area contributed by atoms with Crippen molar-refractivity contribution in [2.75, 3.05) is 20.2 Å². The van der Waals surface area contributed by atoms with Crippen molar-refractivity contribution in [3.8, 4) is 0 Å². The molecule has 9 nitrogen and oxygen atoms in total. The van der Waals surface area contributed by atoms with Crippen LogP contribution in [0.2, 0.25) is 0 Å². The lowest BCUT2D eigenvalue weighted by molar-refractivity contribution is -0.677. The lowest BCUT2D eigenvalue weighted by Gasteiger charge is -2.32. The molecule has 0 N–H and O–H groups in total. The van der Waals surface area contributed by atoms with Crippen molar-refractivity contribution >= 4 is 29.7 Å². The van der Waals surface area contributed by atoms with E-state index >= 15 is 0 Å². The minimum Gasteiger partial charge on any atom is -0.466 e. The first-order chi connectivity index (χ1) is 12.4. The number of aromatic nitrogens is 2. The van der Waals surface area contributed by atoms with Gasteiger partial charge in [0.15, 0.2) is 0 Å². The van der Waals surface area contributed by atoms with Gasteiger partial charge in [-0.1, -0.05) is 11.9 Å². The van der Waals surface area contributed by atoms with E-state index in [0.29, 0.717) is 11.8 Å². The molecule has 0 aliphatic carbocycles. The van der Waals surface area contributed by atoms with Gasteiger partial charge in [-0.3, -0.25) is 19.4 Å². The second-order valence-corrected chi connectivity index (χ2v) is 6.39. The van der Waals surface area contributed by atoms with Crippen molar-refractivity contribution in [1.82, 2.24) is 14.4 Å². The molecule has 9 heteroatoms. The first-order valence-electron chi connectivity index (χ1n) is 8.85. The molecule has 1 saturated heterocycles. The summed E-state index contributed by atoms with van der Waals surface area (Å²) in [7, 11) is 1.60. The molecular formula is C17H24N5O4+. The highest BCUT2D eigenvalue weighted by Gasteiger charge is 2.53. The van der Waals surface area contributed by atoms with Crippen LogP contribution in [0.25, 0.3) is 0 Å². The van der Waals surface area contributed by atoms with E-state index in [-0.39, 0.29) is 25.5 Å². The van der Waals surface area contributed by atoms with E-state index in [2.05, 4.69) is 11.9 Å². The number of hydrogen-bond donors (Lipinski definition) is 0. The van der Waals surface area contributed by atoms with Crippen LogP contribution in [-0.4, -0.2) is 58.3 Å². The first kappa shape index (κ1) is 18.1. The Morgan fingerprint density at radius 1 is 1.31 bits per heavy atom. The van der Waals surface area contributed by atoms with Crippen molar-refractivity contribution in [3.63, 3.8) is 0 Å². The number of nitrogens with zero attached hydrogens (tertiary/aromatic N) is 5. The summed E-state index contributed by atoms with van der Waals surface area (Å²) in [6.07, 6.45) is 2.80. The zero-order valence-corrected chi connectivity index (χ0v) is 15.6. The topological polar surface area (TPSA) is 88.1 Å². The smallest absolute Gasteiger partial charge is 0.401 e. The number of fused-ring (bicyclic) bond motifs is 3. The van der Waals surface area contributed by atoms with Crippen LogP contribution >= 0.6 is 0 Å². The van der Waals surface area contributed by atoms with Gasteiger partial charge in [0.05, 0.1) is 19.6 Å². The first-order valence-corrected chi connectivity index (χ1v) is 8.85. The van der Waals surface area contributed by atoms with E-state index in [4.69, 9.17) is 4.74 Å². The molecule has 3 amide bonds. The van der Waals surface area contributed by atoms with Crippen LogP contribution in [0.4, 0.5) is 10.7 Å². The van der Waals surface area contributed by atoms with E-state index in [0.717, 1.165) is 23.6 Å². The predicted octanol–water partition coefficient (Wildman–Crippen LogP) is 0.926. The third-order valence-electron chi connectivity index (χ3n) is 4.61. The van der Waals surface area contributed by atoms with Crippen LogP contribution in [0.5, 0.6) is 0 Å². The van der Waals surface area contributed by atoms with Crippen molar-refractivity contribution in [2.45, 2.75) is 46.2 Å². The molecule has 1 aromatic rings. The largest absolute Gasteiger partial charge is 0.466 e. The van der Waals surface area contributed by atoms with Gasteiger partial charge in [-0.2, -0.15) is 0 Å². The Hall–Kier alpha value is -2.71. The van der Waals surface area contributed by atoms with E-state index < -0.39 is 18.0 Å². The second-order valence-electron chi connectivity index (χ2n) is 6.39. The summed E-state index contributed by atoms with van der Waals surface area (Å²) in [5.41, 5.74) is 1.01. The van der Waals surface area contributed by atoms with E-state index in [1.54, 1.807) is 14.0 Å². The zero-order chi connectivity index (χ0) is 19.0. The number of amides is 3. The third-order valence-corrected chi connectivity index (χ3v) is 4.61. The van der Waals surface area contributed by atoms with Gasteiger partial charge in [0.1, 0.15) is 11.9 Å². The summed E-state index contributed by atoms with van der Waals surface area (Å²) in [5, 5.41) is 0.